The SMILES string of the molecule is N#Cc1ccc2nc(C(O)C3C4CC5C[C@H]3CC(OCc3c(-c6c(Cl)cccc6Cl)noc3C3CC3)(C5)C4)sc2c1. The number of ether oxygens (including phenoxy) is 1. The van der Waals surface area contributed by atoms with Gasteiger partial charge in [0.2, 0.25) is 0 Å². The molecule has 0 aliphatic heterocycles. The first-order chi connectivity index (χ1) is 19.9. The maximum absolute atomic E-state index is 11.7. The molecule has 2 heterocycles. The van der Waals surface area contributed by atoms with Crippen LogP contribution >= 0.6 is 34.5 Å². The van der Waals surface area contributed by atoms with Gasteiger partial charge >= 0.3 is 0 Å². The summed E-state index contributed by atoms with van der Waals surface area (Å²) >= 11 is 14.7. The Morgan fingerprint density at radius 1 is 1.12 bits per heavy atom. The van der Waals surface area contributed by atoms with Crippen LogP contribution in [-0.2, 0) is 11.3 Å². The summed E-state index contributed by atoms with van der Waals surface area (Å²) in [6.07, 6.45) is 6.80. The number of fused-ring (bicyclic) bond motifs is 1. The molecule has 0 spiro atoms. The third-order valence-electron chi connectivity index (χ3n) is 9.93. The van der Waals surface area contributed by atoms with Crippen LogP contribution in [0.3, 0.4) is 0 Å². The third-order valence-corrected chi connectivity index (χ3v) is 11.6. The highest BCUT2D eigenvalue weighted by atomic mass is 35.5. The van der Waals surface area contributed by atoms with E-state index in [0.29, 0.717) is 57.1 Å². The minimum atomic E-state index is -0.599. The highest BCUT2D eigenvalue weighted by Crippen LogP contribution is 2.62. The number of rotatable bonds is 7. The molecule has 0 amide bonds. The van der Waals surface area contributed by atoms with Crippen LogP contribution in [0.2, 0.25) is 10.0 Å². The van der Waals surface area contributed by atoms with E-state index >= 15 is 0 Å². The van der Waals surface area contributed by atoms with Crippen molar-refractivity contribution < 1.29 is 14.4 Å². The summed E-state index contributed by atoms with van der Waals surface area (Å²) in [6, 6.07) is 13.2. The summed E-state index contributed by atoms with van der Waals surface area (Å²) in [5.41, 5.74) is 3.63. The van der Waals surface area contributed by atoms with Gasteiger partial charge in [0.05, 0.1) is 44.1 Å². The van der Waals surface area contributed by atoms with Crippen LogP contribution in [0.25, 0.3) is 21.5 Å². The van der Waals surface area contributed by atoms with Crippen molar-refractivity contribution in [1.82, 2.24) is 10.1 Å². The molecule has 5 unspecified atom stereocenters. The van der Waals surface area contributed by atoms with Crippen molar-refractivity contribution >= 4 is 44.8 Å². The van der Waals surface area contributed by atoms with Crippen molar-refractivity contribution in [2.24, 2.45) is 23.7 Å². The Labute approximate surface area is 252 Å². The number of nitrogens with zero attached hydrogens (tertiary/aromatic N) is 3. The topological polar surface area (TPSA) is 92.2 Å². The number of aliphatic hydroxyl groups excluding tert-OH is 1. The number of halogens is 2. The van der Waals surface area contributed by atoms with E-state index in [1.54, 1.807) is 6.07 Å². The van der Waals surface area contributed by atoms with E-state index in [-0.39, 0.29) is 11.5 Å². The Bertz CT molecular complexity index is 1670. The smallest absolute Gasteiger partial charge is 0.145 e. The van der Waals surface area contributed by atoms with E-state index < -0.39 is 6.10 Å². The van der Waals surface area contributed by atoms with Gasteiger partial charge < -0.3 is 14.4 Å². The quantitative estimate of drug-likeness (QED) is 0.227. The molecule has 9 heteroatoms. The fourth-order valence-electron chi connectivity index (χ4n) is 8.26. The van der Waals surface area contributed by atoms with Crippen LogP contribution in [0.15, 0.2) is 40.9 Å². The van der Waals surface area contributed by atoms with Crippen LogP contribution in [-0.4, -0.2) is 20.8 Å². The van der Waals surface area contributed by atoms with Crippen LogP contribution < -0.4 is 0 Å². The zero-order valence-electron chi connectivity index (χ0n) is 22.4. The molecule has 6 nitrogen and oxygen atoms in total. The number of hydrogen-bond donors (Lipinski definition) is 1. The van der Waals surface area contributed by atoms with Gasteiger partial charge in [0, 0.05) is 17.0 Å². The zero-order valence-corrected chi connectivity index (χ0v) is 24.7. The second-order valence-electron chi connectivity index (χ2n) is 12.6. The minimum absolute atomic E-state index is 0.175. The Morgan fingerprint density at radius 2 is 1.88 bits per heavy atom. The van der Waals surface area contributed by atoms with Gasteiger partial charge in [0.1, 0.15) is 22.6 Å². The summed E-state index contributed by atoms with van der Waals surface area (Å²) < 4.78 is 13.8. The summed E-state index contributed by atoms with van der Waals surface area (Å²) in [6.45, 7) is 0.421. The van der Waals surface area contributed by atoms with Crippen LogP contribution in [0, 0.1) is 35.0 Å². The highest BCUT2D eigenvalue weighted by Gasteiger charge is 2.58. The Hall–Kier alpha value is -2.47. The average molecular weight is 607 g/mol. The monoisotopic (exact) mass is 605 g/mol. The second kappa shape index (κ2) is 9.79. The van der Waals surface area contributed by atoms with Crippen molar-refractivity contribution in [1.29, 1.82) is 5.26 Å². The van der Waals surface area contributed by atoms with Gasteiger partial charge in [-0.1, -0.05) is 34.4 Å². The fraction of sp³-hybridized carbons (Fsp3) is 0.469. The normalized spacial score (nSPS) is 29.2. The molecule has 4 bridgehead atoms. The number of thiazole rings is 1. The molecule has 0 radical (unpaired) electrons. The molecule has 2 aromatic carbocycles. The molecule has 2 aromatic heterocycles. The number of benzene rings is 2. The second-order valence-corrected chi connectivity index (χ2v) is 14.4. The molecule has 5 aliphatic carbocycles. The van der Waals surface area contributed by atoms with Gasteiger partial charge in [-0.05, 0) is 98.9 Å². The molecule has 0 saturated heterocycles. The zero-order chi connectivity index (χ0) is 27.9. The fourth-order valence-corrected chi connectivity index (χ4v) is 9.89. The molecule has 5 aliphatic rings. The molecule has 6 atom stereocenters. The van der Waals surface area contributed by atoms with Crippen molar-refractivity contribution in [2.45, 2.75) is 69.2 Å². The van der Waals surface area contributed by atoms with Gasteiger partial charge in [-0.25, -0.2) is 4.98 Å². The molecule has 5 fully saturated rings. The predicted molar refractivity (Wildman–Crippen MR) is 158 cm³/mol. The first kappa shape index (κ1) is 26.2. The molecular weight excluding hydrogens is 577 g/mol. The van der Waals surface area contributed by atoms with Crippen LogP contribution in [0.1, 0.15) is 78.9 Å². The number of hydrogen-bond acceptors (Lipinski definition) is 7. The van der Waals surface area contributed by atoms with E-state index in [0.717, 1.165) is 71.5 Å². The molecule has 41 heavy (non-hydrogen) atoms. The highest BCUT2D eigenvalue weighted by molar-refractivity contribution is 7.18. The van der Waals surface area contributed by atoms with Gasteiger partial charge in [-0.2, -0.15) is 5.26 Å². The van der Waals surface area contributed by atoms with Crippen LogP contribution in [0.5, 0.6) is 0 Å². The van der Waals surface area contributed by atoms with E-state index in [9.17, 15) is 10.4 Å². The lowest BCUT2D eigenvalue weighted by Crippen LogP contribution is -2.56. The first-order valence-corrected chi connectivity index (χ1v) is 16.0. The summed E-state index contributed by atoms with van der Waals surface area (Å²) in [5.74, 6) is 2.86. The lowest BCUT2D eigenvalue weighted by atomic mass is 9.49. The molecule has 5 saturated carbocycles. The molecular formula is C32H29Cl2N3O3S. The van der Waals surface area contributed by atoms with Gasteiger partial charge in [-0.3, -0.25) is 0 Å². The Kier molecular flexibility index (Phi) is 6.25. The van der Waals surface area contributed by atoms with Gasteiger partial charge in [0.15, 0.2) is 0 Å². The maximum Gasteiger partial charge on any atom is 0.145 e. The largest absolute Gasteiger partial charge is 0.386 e. The summed E-state index contributed by atoms with van der Waals surface area (Å²) in [7, 11) is 0. The van der Waals surface area contributed by atoms with E-state index in [2.05, 4.69) is 11.2 Å². The standard InChI is InChI=1S/C32H29Cl2N3O3S/c33-22-2-1-3-23(34)27(22)28-21(30(40-37-28)18-5-6-18)15-39-32-11-17-8-19(12-32)26(20(9-17)13-32)29(38)31-36-24-7-4-16(14-35)10-25(24)41-31/h1-4,7,10,17-20,26,29,38H,5-6,8-9,11-13,15H2/t17?,19-,20?,26?,29?,32?/m0/s1. The van der Waals surface area contributed by atoms with E-state index in [4.69, 9.17) is 37.4 Å². The molecule has 1 N–H and O–H groups in total. The third kappa shape index (κ3) is 4.42. The Balaban J connectivity index is 1.05. The van der Waals surface area contributed by atoms with Crippen molar-refractivity contribution in [3.63, 3.8) is 0 Å². The predicted octanol–water partition coefficient (Wildman–Crippen LogP) is 8.45. The Morgan fingerprint density at radius 3 is 2.59 bits per heavy atom. The minimum Gasteiger partial charge on any atom is -0.386 e. The first-order valence-electron chi connectivity index (χ1n) is 14.5. The van der Waals surface area contributed by atoms with Crippen molar-refractivity contribution in [2.75, 3.05) is 0 Å². The van der Waals surface area contributed by atoms with E-state index in [1.165, 1.54) is 11.3 Å². The van der Waals surface area contributed by atoms with Gasteiger partial charge in [-0.15, -0.1) is 11.3 Å². The lowest BCUT2D eigenvalue weighted by molar-refractivity contribution is -0.203. The van der Waals surface area contributed by atoms with Gasteiger partial charge in [0.25, 0.3) is 0 Å². The molecule has 4 aromatic rings. The van der Waals surface area contributed by atoms with Crippen molar-refractivity contribution in [3.05, 3.63) is 68.3 Å². The molecule has 210 valence electrons. The van der Waals surface area contributed by atoms with Crippen molar-refractivity contribution in [3.8, 4) is 17.3 Å². The summed E-state index contributed by atoms with van der Waals surface area (Å²) in [5, 5.41) is 27.3. The number of nitriles is 1. The number of aliphatic hydroxyl groups is 1. The average Bonchev–Trinajstić information content (AvgIpc) is 3.57. The van der Waals surface area contributed by atoms with E-state index in [1.807, 2.05) is 30.3 Å². The molecule has 9 rings (SSSR count). The van der Waals surface area contributed by atoms with Crippen LogP contribution in [0.4, 0.5) is 0 Å². The summed E-state index contributed by atoms with van der Waals surface area (Å²) in [4.78, 5) is 4.78. The maximum atomic E-state index is 11.7. The number of aromatic nitrogens is 2. The lowest BCUT2D eigenvalue weighted by Gasteiger charge is -2.60.